The van der Waals surface area contributed by atoms with Gasteiger partial charge in [0.2, 0.25) is 5.95 Å². The molecule has 5 heterocycles. The van der Waals surface area contributed by atoms with E-state index in [4.69, 9.17) is 19.6 Å². The van der Waals surface area contributed by atoms with Crippen LogP contribution >= 0.6 is 0 Å². The van der Waals surface area contributed by atoms with Gasteiger partial charge in [-0.15, -0.1) is 0 Å². The van der Waals surface area contributed by atoms with Gasteiger partial charge in [0, 0.05) is 75.1 Å². The molecule has 1 aliphatic carbocycles. The van der Waals surface area contributed by atoms with Crippen LogP contribution in [0.15, 0.2) is 55.1 Å². The minimum Gasteiger partial charge on any atom is -0.383 e. The smallest absolute Gasteiger partial charge is 0.228 e. The van der Waals surface area contributed by atoms with Gasteiger partial charge in [-0.25, -0.2) is 9.97 Å². The lowest BCUT2D eigenvalue weighted by molar-refractivity contribution is 0.0360. The van der Waals surface area contributed by atoms with Gasteiger partial charge < -0.3 is 14.8 Å². The zero-order chi connectivity index (χ0) is 29.2. The van der Waals surface area contributed by atoms with E-state index in [1.807, 2.05) is 45.7 Å². The molecule has 12 nitrogen and oxygen atoms in total. The summed E-state index contributed by atoms with van der Waals surface area (Å²) in [4.78, 5) is 12.0. The van der Waals surface area contributed by atoms with Crippen LogP contribution in [0.25, 0.3) is 33.6 Å². The maximum absolute atomic E-state index is 5.46. The van der Waals surface area contributed by atoms with E-state index < -0.39 is 0 Å². The summed E-state index contributed by atoms with van der Waals surface area (Å²) < 4.78 is 16.5. The third-order valence-corrected chi connectivity index (χ3v) is 8.13. The van der Waals surface area contributed by atoms with Gasteiger partial charge in [0.1, 0.15) is 0 Å². The third kappa shape index (κ3) is 5.81. The van der Waals surface area contributed by atoms with Crippen molar-refractivity contribution in [1.29, 1.82) is 0 Å². The number of hydrogen-bond acceptors (Lipinski definition) is 9. The van der Waals surface area contributed by atoms with Gasteiger partial charge in [-0.3, -0.25) is 18.9 Å². The predicted octanol–water partition coefficient (Wildman–Crippen LogP) is 3.42. The summed E-state index contributed by atoms with van der Waals surface area (Å²) in [5.74, 6) is 1.21. The van der Waals surface area contributed by atoms with Crippen molar-refractivity contribution in [2.75, 3.05) is 51.9 Å². The molecule has 0 bridgehead atoms. The first-order valence-electron chi connectivity index (χ1n) is 14.8. The second kappa shape index (κ2) is 12.1. The molecule has 12 heteroatoms. The van der Waals surface area contributed by atoms with Crippen LogP contribution in [0.3, 0.4) is 0 Å². The first-order valence-corrected chi connectivity index (χ1v) is 14.8. The van der Waals surface area contributed by atoms with Gasteiger partial charge in [0.05, 0.1) is 56.2 Å². The number of morpholine rings is 1. The van der Waals surface area contributed by atoms with Crippen LogP contribution < -0.4 is 5.32 Å². The summed E-state index contributed by atoms with van der Waals surface area (Å²) in [7, 11) is 3.69. The van der Waals surface area contributed by atoms with E-state index in [1.165, 1.54) is 0 Å². The first kappa shape index (κ1) is 27.4. The Morgan fingerprint density at radius 2 is 1.74 bits per heavy atom. The Balaban J connectivity index is 1.11. The summed E-state index contributed by atoms with van der Waals surface area (Å²) in [5, 5.41) is 17.3. The van der Waals surface area contributed by atoms with Gasteiger partial charge in [-0.05, 0) is 24.0 Å². The van der Waals surface area contributed by atoms with Gasteiger partial charge in [0.25, 0.3) is 0 Å². The summed E-state index contributed by atoms with van der Waals surface area (Å²) in [5.41, 5.74) is 8.57. The van der Waals surface area contributed by atoms with E-state index in [0.29, 0.717) is 24.9 Å². The maximum Gasteiger partial charge on any atom is 0.228 e. The molecule has 2 aliphatic rings. The van der Waals surface area contributed by atoms with E-state index in [2.05, 4.69) is 55.9 Å². The van der Waals surface area contributed by atoms with E-state index in [0.717, 1.165) is 97.1 Å². The second-order valence-corrected chi connectivity index (χ2v) is 11.0. The highest BCUT2D eigenvalue weighted by molar-refractivity contribution is 5.85. The van der Waals surface area contributed by atoms with Crippen LogP contribution in [0.2, 0.25) is 0 Å². The zero-order valence-electron chi connectivity index (χ0n) is 24.6. The lowest BCUT2D eigenvalue weighted by atomic mass is 9.91. The Hall–Kier alpha value is -4.39. The number of hydrogen-bond donors (Lipinski definition) is 1. The van der Waals surface area contributed by atoms with E-state index in [-0.39, 0.29) is 0 Å². The van der Waals surface area contributed by atoms with Crippen molar-refractivity contribution < 1.29 is 9.47 Å². The SMILES string of the molecule is COCCn1ccc(Nc2ncc3c(n2)-c2c(nn(C)c2-c2ccc(-c4cnn(CCN5CCOCC5)c4)cc2)CC3)n1. The molecular weight excluding hydrogens is 544 g/mol. The molecule has 1 N–H and O–H groups in total. The zero-order valence-corrected chi connectivity index (χ0v) is 24.6. The molecule has 1 aromatic carbocycles. The highest BCUT2D eigenvalue weighted by Gasteiger charge is 2.27. The highest BCUT2D eigenvalue weighted by atomic mass is 16.5. The number of rotatable bonds is 10. The molecular formula is C31H36N10O2. The predicted molar refractivity (Wildman–Crippen MR) is 163 cm³/mol. The fraction of sp³-hybridized carbons (Fsp3) is 0.387. The van der Waals surface area contributed by atoms with Crippen molar-refractivity contribution >= 4 is 11.8 Å². The molecule has 1 fully saturated rings. The summed E-state index contributed by atoms with van der Waals surface area (Å²) in [6.45, 7) is 6.74. The number of nitrogens with zero attached hydrogens (tertiary/aromatic N) is 9. The number of methoxy groups -OCH3 is 1. The lowest BCUT2D eigenvalue weighted by Gasteiger charge is -2.26. The Labute approximate surface area is 250 Å². The Bertz CT molecular complexity index is 1700. The number of nitrogens with one attached hydrogen (secondary N) is 1. The second-order valence-electron chi connectivity index (χ2n) is 11.0. The fourth-order valence-electron chi connectivity index (χ4n) is 5.83. The van der Waals surface area contributed by atoms with Crippen LogP contribution in [0.4, 0.5) is 11.8 Å². The Kier molecular flexibility index (Phi) is 7.71. The van der Waals surface area contributed by atoms with E-state index >= 15 is 0 Å². The number of ether oxygens (including phenoxy) is 2. The fourth-order valence-corrected chi connectivity index (χ4v) is 5.83. The largest absolute Gasteiger partial charge is 0.383 e. The minimum absolute atomic E-state index is 0.513. The molecule has 7 rings (SSSR count). The molecule has 0 atom stereocenters. The quantitative estimate of drug-likeness (QED) is 0.266. The molecule has 43 heavy (non-hydrogen) atoms. The van der Waals surface area contributed by atoms with Gasteiger partial charge in [-0.2, -0.15) is 15.3 Å². The third-order valence-electron chi connectivity index (χ3n) is 8.13. The Morgan fingerprint density at radius 1 is 0.907 bits per heavy atom. The molecule has 5 aromatic rings. The minimum atomic E-state index is 0.513. The molecule has 0 unspecified atom stereocenters. The standard InChI is InChI=1S/C31H36N10O2/c1-38-30(23-5-3-22(4-6-23)25-20-33-41(21-25)12-11-39-13-17-43-18-14-39)28-26(36-38)8-7-24-19-32-31(35-29(24)28)34-27-9-10-40(37-27)15-16-42-2/h3-6,9-10,19-21H,7-8,11-18H2,1-2H3,(H,32,34,35,37). The van der Waals surface area contributed by atoms with Crippen molar-refractivity contribution in [1.82, 2.24) is 44.2 Å². The average Bonchev–Trinajstić information content (AvgIpc) is 3.78. The maximum atomic E-state index is 5.46. The van der Waals surface area contributed by atoms with Crippen LogP contribution in [0, 0.1) is 0 Å². The molecule has 0 amide bonds. The van der Waals surface area contributed by atoms with Crippen LogP contribution in [0.1, 0.15) is 11.3 Å². The molecule has 4 aromatic heterocycles. The molecule has 0 radical (unpaired) electrons. The summed E-state index contributed by atoms with van der Waals surface area (Å²) >= 11 is 0. The summed E-state index contributed by atoms with van der Waals surface area (Å²) in [6, 6.07) is 10.6. The Morgan fingerprint density at radius 3 is 2.58 bits per heavy atom. The molecule has 0 spiro atoms. The van der Waals surface area contributed by atoms with E-state index in [1.54, 1.807) is 7.11 Å². The normalized spacial score (nSPS) is 14.9. The topological polar surface area (TPSA) is 113 Å². The molecule has 222 valence electrons. The van der Waals surface area contributed by atoms with Crippen LogP contribution in [-0.4, -0.2) is 90.8 Å². The van der Waals surface area contributed by atoms with Crippen molar-refractivity contribution in [3.8, 4) is 33.6 Å². The van der Waals surface area contributed by atoms with Gasteiger partial charge >= 0.3 is 0 Å². The van der Waals surface area contributed by atoms with Crippen molar-refractivity contribution in [2.45, 2.75) is 25.9 Å². The van der Waals surface area contributed by atoms with Crippen molar-refractivity contribution in [2.24, 2.45) is 7.05 Å². The monoisotopic (exact) mass is 580 g/mol. The van der Waals surface area contributed by atoms with Crippen LogP contribution in [0.5, 0.6) is 0 Å². The van der Waals surface area contributed by atoms with Crippen molar-refractivity contribution in [3.63, 3.8) is 0 Å². The average molecular weight is 581 g/mol. The van der Waals surface area contributed by atoms with Crippen LogP contribution in [-0.2, 0) is 42.5 Å². The van der Waals surface area contributed by atoms with Crippen molar-refractivity contribution in [3.05, 3.63) is 66.4 Å². The van der Waals surface area contributed by atoms with E-state index in [9.17, 15) is 0 Å². The van der Waals surface area contributed by atoms with Gasteiger partial charge in [-0.1, -0.05) is 24.3 Å². The first-order chi connectivity index (χ1) is 21.1. The molecule has 1 saturated heterocycles. The number of anilines is 2. The number of aromatic nitrogens is 8. The highest BCUT2D eigenvalue weighted by Crippen LogP contribution is 2.40. The number of benzene rings is 1. The number of fused-ring (bicyclic) bond motifs is 3. The summed E-state index contributed by atoms with van der Waals surface area (Å²) in [6.07, 6.45) is 9.63. The molecule has 1 aliphatic heterocycles. The lowest BCUT2D eigenvalue weighted by Crippen LogP contribution is -2.38. The molecule has 0 saturated carbocycles. The number of aryl methyl sites for hydroxylation is 3. The van der Waals surface area contributed by atoms with Gasteiger partial charge in [0.15, 0.2) is 5.82 Å².